The molecule has 1 heterocycles. The van der Waals surface area contributed by atoms with Gasteiger partial charge in [0.05, 0.1) is 10.7 Å². The van der Waals surface area contributed by atoms with E-state index in [0.717, 1.165) is 9.35 Å². The highest BCUT2D eigenvalue weighted by Crippen LogP contribution is 2.21. The number of halogens is 1. The summed E-state index contributed by atoms with van der Waals surface area (Å²) in [5.41, 5.74) is 0. The van der Waals surface area contributed by atoms with E-state index in [-0.39, 0.29) is 6.42 Å². The van der Waals surface area contributed by atoms with Gasteiger partial charge in [-0.15, -0.1) is 0 Å². The van der Waals surface area contributed by atoms with Gasteiger partial charge >= 0.3 is 5.97 Å². The maximum Gasteiger partial charge on any atom is 0.332 e. The average Bonchev–Trinajstić information content (AvgIpc) is 2.36. The molecular formula is C6H6BrNO3S. The molecule has 0 fully saturated rings. The summed E-state index contributed by atoms with van der Waals surface area (Å²) in [6.07, 6.45) is 0.330. The van der Waals surface area contributed by atoms with Crippen LogP contribution in [0.5, 0.6) is 0 Å². The predicted octanol–water partition coefficient (Wildman–Crippen LogP) is 0.894. The van der Waals surface area contributed by atoms with E-state index in [1.165, 1.54) is 11.5 Å². The Bertz CT molecular complexity index is 288. The quantitative estimate of drug-likeness (QED) is 0.838. The monoisotopic (exact) mass is 251 g/mol. The van der Waals surface area contributed by atoms with Gasteiger partial charge in [0, 0.05) is 11.3 Å². The molecule has 1 unspecified atom stereocenters. The van der Waals surface area contributed by atoms with Crippen LogP contribution in [0.4, 0.5) is 0 Å². The molecule has 0 aromatic carbocycles. The molecular weight excluding hydrogens is 246 g/mol. The Labute approximate surface area is 81.1 Å². The minimum absolute atomic E-state index is 0.0978. The Morgan fingerprint density at radius 1 is 1.83 bits per heavy atom. The molecule has 0 aliphatic heterocycles. The van der Waals surface area contributed by atoms with Gasteiger partial charge in [0.15, 0.2) is 6.10 Å². The standard InChI is InChI=1S/C6H6BrNO3S/c7-3-2-8-12-5(3)1-4(9)6(10)11/h2,4,9H,1H2,(H,10,11). The molecule has 0 amide bonds. The number of hydrogen-bond acceptors (Lipinski definition) is 4. The molecule has 0 aliphatic carbocycles. The van der Waals surface area contributed by atoms with Crippen LogP contribution in [0, 0.1) is 0 Å². The van der Waals surface area contributed by atoms with Crippen LogP contribution in [-0.2, 0) is 11.2 Å². The Kier molecular flexibility index (Phi) is 3.19. The van der Waals surface area contributed by atoms with E-state index >= 15 is 0 Å². The summed E-state index contributed by atoms with van der Waals surface area (Å²) in [7, 11) is 0. The Morgan fingerprint density at radius 3 is 2.92 bits per heavy atom. The van der Waals surface area contributed by atoms with Crippen molar-refractivity contribution in [2.24, 2.45) is 0 Å². The van der Waals surface area contributed by atoms with Gasteiger partial charge in [-0.05, 0) is 27.5 Å². The summed E-state index contributed by atoms with van der Waals surface area (Å²) in [5.74, 6) is -1.21. The van der Waals surface area contributed by atoms with E-state index < -0.39 is 12.1 Å². The SMILES string of the molecule is O=C(O)C(O)Cc1sncc1Br. The van der Waals surface area contributed by atoms with Crippen molar-refractivity contribution in [2.75, 3.05) is 0 Å². The van der Waals surface area contributed by atoms with Crippen molar-refractivity contribution in [2.45, 2.75) is 12.5 Å². The Balaban J connectivity index is 2.64. The molecule has 0 aliphatic rings. The normalized spacial score (nSPS) is 12.8. The summed E-state index contributed by atoms with van der Waals surface area (Å²) in [6.45, 7) is 0. The highest BCUT2D eigenvalue weighted by Gasteiger charge is 2.16. The van der Waals surface area contributed by atoms with E-state index in [0.29, 0.717) is 0 Å². The first-order valence-corrected chi connectivity index (χ1v) is 4.68. The maximum absolute atomic E-state index is 10.3. The molecule has 0 saturated heterocycles. The maximum atomic E-state index is 10.3. The highest BCUT2D eigenvalue weighted by molar-refractivity contribution is 9.10. The number of aliphatic carboxylic acids is 1. The molecule has 0 saturated carbocycles. The van der Waals surface area contributed by atoms with E-state index in [4.69, 9.17) is 10.2 Å². The van der Waals surface area contributed by atoms with Gasteiger partial charge in [-0.1, -0.05) is 0 Å². The van der Waals surface area contributed by atoms with Crippen LogP contribution in [0.25, 0.3) is 0 Å². The number of carboxylic acids is 1. The van der Waals surface area contributed by atoms with Crippen molar-refractivity contribution < 1.29 is 15.0 Å². The largest absolute Gasteiger partial charge is 0.479 e. The highest BCUT2D eigenvalue weighted by atomic mass is 79.9. The molecule has 2 N–H and O–H groups in total. The molecule has 0 spiro atoms. The number of hydrogen-bond donors (Lipinski definition) is 2. The Morgan fingerprint density at radius 2 is 2.50 bits per heavy atom. The van der Waals surface area contributed by atoms with Crippen LogP contribution in [0.2, 0.25) is 0 Å². The van der Waals surface area contributed by atoms with Crippen LogP contribution < -0.4 is 0 Å². The molecule has 4 nitrogen and oxygen atoms in total. The Hall–Kier alpha value is -0.460. The summed E-state index contributed by atoms with van der Waals surface area (Å²) in [6, 6.07) is 0. The predicted molar refractivity (Wildman–Crippen MR) is 47.2 cm³/mol. The average molecular weight is 252 g/mol. The third-order valence-electron chi connectivity index (χ3n) is 1.26. The summed E-state index contributed by atoms with van der Waals surface area (Å²) in [5, 5.41) is 17.4. The first-order chi connectivity index (χ1) is 5.61. The number of aliphatic hydroxyl groups excluding tert-OH is 1. The van der Waals surface area contributed by atoms with Crippen molar-refractivity contribution in [1.82, 2.24) is 4.37 Å². The zero-order chi connectivity index (χ0) is 9.14. The topological polar surface area (TPSA) is 70.4 Å². The summed E-state index contributed by atoms with van der Waals surface area (Å²) in [4.78, 5) is 11.0. The molecule has 1 atom stereocenters. The van der Waals surface area contributed by atoms with E-state index in [1.807, 2.05) is 0 Å². The second-order valence-electron chi connectivity index (χ2n) is 2.16. The van der Waals surface area contributed by atoms with Gasteiger partial charge in [-0.3, -0.25) is 0 Å². The summed E-state index contributed by atoms with van der Waals surface area (Å²) < 4.78 is 4.57. The van der Waals surface area contributed by atoms with Crippen LogP contribution in [0.1, 0.15) is 4.88 Å². The number of rotatable bonds is 3. The fourth-order valence-corrected chi connectivity index (χ4v) is 1.92. The van der Waals surface area contributed by atoms with Crippen LogP contribution in [0.15, 0.2) is 10.7 Å². The van der Waals surface area contributed by atoms with Crippen molar-refractivity contribution in [3.05, 3.63) is 15.5 Å². The smallest absolute Gasteiger partial charge is 0.332 e. The van der Waals surface area contributed by atoms with Crippen molar-refractivity contribution in [1.29, 1.82) is 0 Å². The lowest BCUT2D eigenvalue weighted by Gasteiger charge is -2.01. The third kappa shape index (κ3) is 2.26. The number of carbonyl (C=O) groups is 1. The molecule has 12 heavy (non-hydrogen) atoms. The third-order valence-corrected chi connectivity index (χ3v) is 3.02. The number of aliphatic hydroxyl groups is 1. The fourth-order valence-electron chi connectivity index (χ4n) is 0.650. The fraction of sp³-hybridized carbons (Fsp3) is 0.333. The lowest BCUT2D eigenvalue weighted by molar-refractivity contribution is -0.146. The minimum atomic E-state index is -1.35. The zero-order valence-electron chi connectivity index (χ0n) is 5.90. The van der Waals surface area contributed by atoms with Gasteiger partial charge in [0.1, 0.15) is 0 Å². The van der Waals surface area contributed by atoms with Gasteiger partial charge in [0.2, 0.25) is 0 Å². The van der Waals surface area contributed by atoms with E-state index in [9.17, 15) is 4.79 Å². The molecule has 1 aromatic rings. The van der Waals surface area contributed by atoms with Crippen molar-refractivity contribution in [3.8, 4) is 0 Å². The van der Waals surface area contributed by atoms with E-state index in [2.05, 4.69) is 20.3 Å². The van der Waals surface area contributed by atoms with Crippen molar-refractivity contribution in [3.63, 3.8) is 0 Å². The van der Waals surface area contributed by atoms with Crippen LogP contribution >= 0.6 is 27.5 Å². The van der Waals surface area contributed by atoms with Gasteiger partial charge in [-0.2, -0.15) is 4.37 Å². The van der Waals surface area contributed by atoms with E-state index in [1.54, 1.807) is 6.20 Å². The number of carboxylic acid groups (broad SMARTS) is 1. The second-order valence-corrected chi connectivity index (χ2v) is 3.90. The van der Waals surface area contributed by atoms with Gasteiger partial charge < -0.3 is 10.2 Å². The second kappa shape index (κ2) is 3.97. The lowest BCUT2D eigenvalue weighted by atomic mass is 10.2. The van der Waals surface area contributed by atoms with Crippen molar-refractivity contribution >= 4 is 33.4 Å². The van der Waals surface area contributed by atoms with Crippen LogP contribution in [-0.4, -0.2) is 26.7 Å². The molecule has 0 bridgehead atoms. The molecule has 1 rings (SSSR count). The zero-order valence-corrected chi connectivity index (χ0v) is 8.30. The molecule has 0 radical (unpaired) electrons. The molecule has 1 aromatic heterocycles. The van der Waals surface area contributed by atoms with Crippen LogP contribution in [0.3, 0.4) is 0 Å². The van der Waals surface area contributed by atoms with Gasteiger partial charge in [-0.25, -0.2) is 4.79 Å². The number of nitrogens with zero attached hydrogens (tertiary/aromatic N) is 1. The summed E-state index contributed by atoms with van der Waals surface area (Å²) >= 11 is 4.36. The first-order valence-electron chi connectivity index (χ1n) is 3.11. The number of aromatic nitrogens is 1. The molecule has 66 valence electrons. The molecule has 6 heteroatoms. The lowest BCUT2D eigenvalue weighted by Crippen LogP contribution is -2.21. The van der Waals surface area contributed by atoms with Gasteiger partial charge in [0.25, 0.3) is 0 Å². The first kappa shape index (κ1) is 9.63. The minimum Gasteiger partial charge on any atom is -0.479 e.